The van der Waals surface area contributed by atoms with Crippen LogP contribution >= 0.6 is 0 Å². The van der Waals surface area contributed by atoms with Crippen LogP contribution in [0, 0.1) is 0 Å². The molecule has 5 heteroatoms. The topological polar surface area (TPSA) is 55.8 Å². The number of benzene rings is 3. The minimum absolute atomic E-state index is 0.0479. The molecule has 0 aliphatic heterocycles. The molecule has 0 saturated heterocycles. The van der Waals surface area contributed by atoms with Gasteiger partial charge in [-0.25, -0.2) is 0 Å². The lowest BCUT2D eigenvalue weighted by molar-refractivity contribution is -0.132. The molecule has 5 nitrogen and oxygen atoms in total. The molecule has 0 saturated carbocycles. The van der Waals surface area contributed by atoms with Gasteiger partial charge in [0.05, 0.1) is 6.61 Å². The van der Waals surface area contributed by atoms with Crippen LogP contribution in [-0.4, -0.2) is 36.9 Å². The number of rotatable bonds is 9. The quantitative estimate of drug-likeness (QED) is 0.499. The zero-order valence-electron chi connectivity index (χ0n) is 17.2. The Morgan fingerprint density at radius 1 is 0.767 bits per heavy atom. The molecule has 3 rings (SSSR count). The molecule has 0 N–H and O–H groups in total. The molecule has 3 aromatic carbocycles. The van der Waals surface area contributed by atoms with Gasteiger partial charge in [0.25, 0.3) is 5.91 Å². The van der Waals surface area contributed by atoms with Gasteiger partial charge in [-0.05, 0) is 48.9 Å². The van der Waals surface area contributed by atoms with Crippen molar-refractivity contribution in [1.29, 1.82) is 0 Å². The summed E-state index contributed by atoms with van der Waals surface area (Å²) >= 11 is 0. The Bertz CT molecular complexity index is 966. The molecule has 3 aromatic rings. The van der Waals surface area contributed by atoms with Crippen molar-refractivity contribution in [2.75, 3.05) is 20.3 Å². The number of hydrogen-bond acceptors (Lipinski definition) is 4. The van der Waals surface area contributed by atoms with Gasteiger partial charge >= 0.3 is 0 Å². The van der Waals surface area contributed by atoms with E-state index in [9.17, 15) is 9.59 Å². The van der Waals surface area contributed by atoms with Gasteiger partial charge in [-0.15, -0.1) is 0 Å². The summed E-state index contributed by atoms with van der Waals surface area (Å²) in [7, 11) is 1.74. The molecule has 154 valence electrons. The largest absolute Gasteiger partial charge is 0.494 e. The molecule has 0 aliphatic carbocycles. The van der Waals surface area contributed by atoms with Crippen molar-refractivity contribution in [3.05, 3.63) is 95.6 Å². The van der Waals surface area contributed by atoms with Crippen molar-refractivity contribution < 1.29 is 19.1 Å². The van der Waals surface area contributed by atoms with Crippen molar-refractivity contribution >= 4 is 11.7 Å². The monoisotopic (exact) mass is 403 g/mol. The maximum absolute atomic E-state index is 12.4. The predicted octanol–water partition coefficient (Wildman–Crippen LogP) is 4.35. The zero-order valence-corrected chi connectivity index (χ0v) is 17.2. The molecule has 0 fully saturated rings. The Hall–Kier alpha value is -3.60. The van der Waals surface area contributed by atoms with Crippen LogP contribution in [0.15, 0.2) is 78.9 Å². The summed E-state index contributed by atoms with van der Waals surface area (Å²) in [6.45, 7) is 2.98. The zero-order chi connectivity index (χ0) is 21.3. The standard InChI is InChI=1S/C25H25NO4/c1-3-29-22-13-9-19(10-14-22)17-26(2)24(27)18-30-23-15-11-21(12-16-23)25(28)20-7-5-4-6-8-20/h4-16H,3,17-18H2,1-2H3. The van der Waals surface area contributed by atoms with E-state index in [1.807, 2.05) is 49.4 Å². The number of carbonyl (C=O) groups is 2. The fourth-order valence-corrected chi connectivity index (χ4v) is 2.93. The Balaban J connectivity index is 1.50. The Morgan fingerprint density at radius 2 is 1.33 bits per heavy atom. The van der Waals surface area contributed by atoms with Crippen molar-refractivity contribution in [2.45, 2.75) is 13.5 Å². The van der Waals surface area contributed by atoms with Crippen molar-refractivity contribution in [2.24, 2.45) is 0 Å². The number of likely N-dealkylation sites (N-methyl/N-ethyl adjacent to an activating group) is 1. The van der Waals surface area contributed by atoms with E-state index >= 15 is 0 Å². The lowest BCUT2D eigenvalue weighted by atomic mass is 10.0. The van der Waals surface area contributed by atoms with Gasteiger partial charge in [-0.2, -0.15) is 0 Å². The first kappa shape index (κ1) is 21.1. The molecule has 0 bridgehead atoms. The van der Waals surface area contributed by atoms with Crippen LogP contribution in [0.5, 0.6) is 11.5 Å². The highest BCUT2D eigenvalue weighted by Gasteiger charge is 2.12. The summed E-state index contributed by atoms with van der Waals surface area (Å²) in [4.78, 5) is 26.4. The minimum atomic E-state index is -0.131. The maximum atomic E-state index is 12.4. The molecule has 0 heterocycles. The van der Waals surface area contributed by atoms with E-state index in [0.717, 1.165) is 11.3 Å². The first-order valence-corrected chi connectivity index (χ1v) is 9.85. The van der Waals surface area contributed by atoms with Crippen LogP contribution in [-0.2, 0) is 11.3 Å². The minimum Gasteiger partial charge on any atom is -0.494 e. The Labute approximate surface area is 176 Å². The van der Waals surface area contributed by atoms with Crippen LogP contribution in [0.1, 0.15) is 28.4 Å². The molecule has 0 spiro atoms. The molecule has 30 heavy (non-hydrogen) atoms. The maximum Gasteiger partial charge on any atom is 0.260 e. The predicted molar refractivity (Wildman–Crippen MR) is 116 cm³/mol. The molecule has 0 aromatic heterocycles. The van der Waals surface area contributed by atoms with Gasteiger partial charge in [-0.1, -0.05) is 42.5 Å². The summed E-state index contributed by atoms with van der Waals surface area (Å²) < 4.78 is 11.0. The number of amides is 1. The van der Waals surface area contributed by atoms with Gasteiger partial charge in [0.2, 0.25) is 0 Å². The number of hydrogen-bond donors (Lipinski definition) is 0. The van der Waals surface area contributed by atoms with E-state index in [0.29, 0.717) is 30.0 Å². The van der Waals surface area contributed by atoms with E-state index in [-0.39, 0.29) is 18.3 Å². The first-order valence-electron chi connectivity index (χ1n) is 9.85. The van der Waals surface area contributed by atoms with Crippen molar-refractivity contribution in [3.63, 3.8) is 0 Å². The fraction of sp³-hybridized carbons (Fsp3) is 0.200. The summed E-state index contributed by atoms with van der Waals surface area (Å²) in [5.74, 6) is 1.18. The van der Waals surface area contributed by atoms with Crippen LogP contribution in [0.3, 0.4) is 0 Å². The van der Waals surface area contributed by atoms with E-state index in [1.165, 1.54) is 0 Å². The van der Waals surface area contributed by atoms with Crippen LogP contribution in [0.4, 0.5) is 0 Å². The average Bonchev–Trinajstić information content (AvgIpc) is 2.79. The molecule has 0 aliphatic rings. The lowest BCUT2D eigenvalue weighted by Gasteiger charge is -2.18. The van der Waals surface area contributed by atoms with Gasteiger partial charge in [0.15, 0.2) is 12.4 Å². The molecular formula is C25H25NO4. The van der Waals surface area contributed by atoms with Gasteiger partial charge in [0.1, 0.15) is 11.5 Å². The lowest BCUT2D eigenvalue weighted by Crippen LogP contribution is -2.30. The summed E-state index contributed by atoms with van der Waals surface area (Å²) in [5.41, 5.74) is 2.22. The number of nitrogens with zero attached hydrogens (tertiary/aromatic N) is 1. The van der Waals surface area contributed by atoms with Gasteiger partial charge < -0.3 is 14.4 Å². The van der Waals surface area contributed by atoms with Gasteiger partial charge in [-0.3, -0.25) is 9.59 Å². The van der Waals surface area contributed by atoms with E-state index < -0.39 is 0 Å². The van der Waals surface area contributed by atoms with E-state index in [2.05, 4.69) is 0 Å². The SMILES string of the molecule is CCOc1ccc(CN(C)C(=O)COc2ccc(C(=O)c3ccccc3)cc2)cc1. The highest BCUT2D eigenvalue weighted by atomic mass is 16.5. The highest BCUT2D eigenvalue weighted by molar-refractivity contribution is 6.08. The Morgan fingerprint density at radius 3 is 1.97 bits per heavy atom. The molecular weight excluding hydrogens is 378 g/mol. The molecule has 1 amide bonds. The summed E-state index contributed by atoms with van der Waals surface area (Å²) in [6.07, 6.45) is 0. The van der Waals surface area contributed by atoms with Gasteiger partial charge in [0, 0.05) is 24.7 Å². The van der Waals surface area contributed by atoms with Crippen molar-refractivity contribution in [1.82, 2.24) is 4.90 Å². The molecule has 0 unspecified atom stereocenters. The smallest absolute Gasteiger partial charge is 0.260 e. The van der Waals surface area contributed by atoms with Crippen molar-refractivity contribution in [3.8, 4) is 11.5 Å². The number of ketones is 1. The Kier molecular flexibility index (Phi) is 7.22. The fourth-order valence-electron chi connectivity index (χ4n) is 2.93. The van der Waals surface area contributed by atoms with Crippen LogP contribution < -0.4 is 9.47 Å². The second-order valence-electron chi connectivity index (χ2n) is 6.83. The first-order chi connectivity index (χ1) is 14.6. The third-order valence-corrected chi connectivity index (χ3v) is 4.59. The third kappa shape index (κ3) is 5.70. The number of carbonyl (C=O) groups excluding carboxylic acids is 2. The van der Waals surface area contributed by atoms with Crippen LogP contribution in [0.25, 0.3) is 0 Å². The van der Waals surface area contributed by atoms with Crippen LogP contribution in [0.2, 0.25) is 0 Å². The molecule has 0 atom stereocenters. The summed E-state index contributed by atoms with van der Waals surface area (Å²) in [5, 5.41) is 0. The number of ether oxygens (including phenoxy) is 2. The second kappa shape index (κ2) is 10.3. The summed E-state index contributed by atoms with van der Waals surface area (Å²) in [6, 6.07) is 23.6. The normalized spacial score (nSPS) is 10.3. The second-order valence-corrected chi connectivity index (χ2v) is 6.83. The molecule has 0 radical (unpaired) electrons. The third-order valence-electron chi connectivity index (χ3n) is 4.59. The van der Waals surface area contributed by atoms with E-state index in [1.54, 1.807) is 48.3 Å². The van der Waals surface area contributed by atoms with E-state index in [4.69, 9.17) is 9.47 Å². The highest BCUT2D eigenvalue weighted by Crippen LogP contribution is 2.16. The average molecular weight is 403 g/mol.